The summed E-state index contributed by atoms with van der Waals surface area (Å²) in [6.07, 6.45) is 0. The van der Waals surface area contributed by atoms with Crippen LogP contribution in [0.2, 0.25) is 0 Å². The first-order chi connectivity index (χ1) is 14.2. The maximum absolute atomic E-state index is 12.3. The van der Waals surface area contributed by atoms with Crippen molar-refractivity contribution in [3.8, 4) is 11.5 Å². The summed E-state index contributed by atoms with van der Waals surface area (Å²) < 4.78 is 15.9. The van der Waals surface area contributed by atoms with Crippen molar-refractivity contribution < 1.29 is 28.7 Å². The first kappa shape index (κ1) is 22.7. The maximum Gasteiger partial charge on any atom is 0.338 e. The highest BCUT2D eigenvalue weighted by Gasteiger charge is 2.18. The number of rotatable bonds is 9. The van der Waals surface area contributed by atoms with Crippen molar-refractivity contribution in [3.05, 3.63) is 57.6 Å². The molecule has 0 saturated heterocycles. The molecule has 0 unspecified atom stereocenters. The summed E-state index contributed by atoms with van der Waals surface area (Å²) in [5.74, 6) is -0.254. The number of benzene rings is 2. The minimum atomic E-state index is -0.739. The Morgan fingerprint density at radius 2 is 1.87 bits per heavy atom. The molecule has 9 heteroatoms. The number of nitro groups is 1. The summed E-state index contributed by atoms with van der Waals surface area (Å²) in [7, 11) is 1.45. The molecule has 160 valence electrons. The van der Waals surface area contributed by atoms with Crippen LogP contribution in [0.1, 0.15) is 29.8 Å². The van der Waals surface area contributed by atoms with Crippen molar-refractivity contribution in [2.45, 2.75) is 20.8 Å². The Hall–Kier alpha value is -3.62. The van der Waals surface area contributed by atoms with Gasteiger partial charge in [0, 0.05) is 6.07 Å². The Kier molecular flexibility index (Phi) is 7.74. The Bertz CT molecular complexity index is 941. The van der Waals surface area contributed by atoms with Crippen LogP contribution < -0.4 is 14.8 Å². The molecule has 0 spiro atoms. The van der Waals surface area contributed by atoms with Gasteiger partial charge in [-0.2, -0.15) is 0 Å². The number of carbonyl (C=O) groups excluding carboxylic acids is 2. The number of nitro benzene ring substituents is 1. The fourth-order valence-corrected chi connectivity index (χ4v) is 2.47. The quantitative estimate of drug-likeness (QED) is 0.376. The van der Waals surface area contributed by atoms with Crippen molar-refractivity contribution in [2.24, 2.45) is 5.92 Å². The lowest BCUT2D eigenvalue weighted by Crippen LogP contribution is -2.21. The zero-order chi connectivity index (χ0) is 22.3. The van der Waals surface area contributed by atoms with Gasteiger partial charge in [-0.1, -0.05) is 19.9 Å². The van der Waals surface area contributed by atoms with Crippen LogP contribution in [-0.2, 0) is 9.53 Å². The van der Waals surface area contributed by atoms with Crippen LogP contribution in [0.3, 0.4) is 0 Å². The highest BCUT2D eigenvalue weighted by molar-refractivity contribution is 5.97. The Morgan fingerprint density at radius 3 is 2.50 bits per heavy atom. The van der Waals surface area contributed by atoms with Gasteiger partial charge in [0.1, 0.15) is 5.69 Å². The number of methoxy groups -OCH3 is 1. The van der Waals surface area contributed by atoms with E-state index in [0.29, 0.717) is 29.6 Å². The monoisotopic (exact) mass is 416 g/mol. The Morgan fingerprint density at radius 1 is 1.13 bits per heavy atom. The number of anilines is 1. The summed E-state index contributed by atoms with van der Waals surface area (Å²) in [5, 5.41) is 13.5. The van der Waals surface area contributed by atoms with E-state index in [1.807, 2.05) is 13.8 Å². The summed E-state index contributed by atoms with van der Waals surface area (Å²) in [5.41, 5.74) is 0.648. The third kappa shape index (κ3) is 6.20. The van der Waals surface area contributed by atoms with E-state index in [1.54, 1.807) is 19.1 Å². The number of nitrogens with zero attached hydrogens (tertiary/aromatic N) is 1. The van der Waals surface area contributed by atoms with Gasteiger partial charge in [0.15, 0.2) is 18.1 Å². The van der Waals surface area contributed by atoms with E-state index in [2.05, 4.69) is 5.32 Å². The van der Waals surface area contributed by atoms with Crippen LogP contribution in [0.15, 0.2) is 36.4 Å². The topological polar surface area (TPSA) is 117 Å². The molecule has 0 radical (unpaired) electrons. The second kappa shape index (κ2) is 10.2. The lowest BCUT2D eigenvalue weighted by molar-refractivity contribution is -0.384. The molecular formula is C21H24N2O7. The van der Waals surface area contributed by atoms with Gasteiger partial charge < -0.3 is 19.5 Å². The van der Waals surface area contributed by atoms with E-state index in [1.165, 1.54) is 31.4 Å². The van der Waals surface area contributed by atoms with E-state index in [0.717, 1.165) is 0 Å². The van der Waals surface area contributed by atoms with Crippen molar-refractivity contribution in [1.29, 1.82) is 0 Å². The number of hydrogen-bond acceptors (Lipinski definition) is 7. The molecule has 2 rings (SSSR count). The van der Waals surface area contributed by atoms with E-state index in [9.17, 15) is 19.7 Å². The molecule has 0 fully saturated rings. The number of carbonyl (C=O) groups is 2. The fourth-order valence-electron chi connectivity index (χ4n) is 2.47. The Labute approximate surface area is 174 Å². The largest absolute Gasteiger partial charge is 0.493 e. The smallest absolute Gasteiger partial charge is 0.338 e. The van der Waals surface area contributed by atoms with Crippen LogP contribution >= 0.6 is 0 Å². The Balaban J connectivity index is 2.00. The van der Waals surface area contributed by atoms with Crippen LogP contribution in [0.25, 0.3) is 0 Å². The van der Waals surface area contributed by atoms with Crippen LogP contribution in [0.5, 0.6) is 11.5 Å². The van der Waals surface area contributed by atoms with Gasteiger partial charge in [-0.25, -0.2) is 4.79 Å². The molecular weight excluding hydrogens is 392 g/mol. The maximum atomic E-state index is 12.3. The van der Waals surface area contributed by atoms with E-state index in [-0.39, 0.29) is 16.9 Å². The number of hydrogen-bond donors (Lipinski definition) is 1. The highest BCUT2D eigenvalue weighted by atomic mass is 16.6. The normalized spacial score (nSPS) is 10.4. The zero-order valence-electron chi connectivity index (χ0n) is 17.3. The van der Waals surface area contributed by atoms with Crippen molar-refractivity contribution in [3.63, 3.8) is 0 Å². The van der Waals surface area contributed by atoms with Gasteiger partial charge in [0.25, 0.3) is 11.6 Å². The lowest BCUT2D eigenvalue weighted by Gasteiger charge is -2.13. The molecule has 30 heavy (non-hydrogen) atoms. The van der Waals surface area contributed by atoms with E-state index < -0.39 is 23.4 Å². The van der Waals surface area contributed by atoms with Gasteiger partial charge >= 0.3 is 5.97 Å². The molecule has 0 aliphatic rings. The van der Waals surface area contributed by atoms with Crippen molar-refractivity contribution in [1.82, 2.24) is 0 Å². The molecule has 0 bridgehead atoms. The van der Waals surface area contributed by atoms with E-state index >= 15 is 0 Å². The highest BCUT2D eigenvalue weighted by Crippen LogP contribution is 2.29. The molecule has 2 aromatic rings. The third-order valence-corrected chi connectivity index (χ3v) is 3.93. The molecule has 0 aromatic heterocycles. The molecule has 0 atom stereocenters. The first-order valence-electron chi connectivity index (χ1n) is 9.24. The summed E-state index contributed by atoms with van der Waals surface area (Å²) in [6.45, 7) is 5.61. The SMILES string of the molecule is COc1cc(C(=O)OCC(=O)Nc2ccc(C)cc2[N+](=O)[O-])ccc1OCC(C)C. The molecule has 1 amide bonds. The standard InChI is InChI=1S/C21H24N2O7/c1-13(2)11-29-18-8-6-15(10-19(18)28-4)21(25)30-12-20(24)22-16-7-5-14(3)9-17(16)23(26)27/h5-10,13H,11-12H2,1-4H3,(H,22,24). The molecule has 0 aliphatic carbocycles. The summed E-state index contributed by atoms with van der Waals surface area (Å²) in [6, 6.07) is 8.95. The van der Waals surface area contributed by atoms with Gasteiger partial charge in [-0.05, 0) is 42.7 Å². The first-order valence-corrected chi connectivity index (χ1v) is 9.24. The molecule has 0 aliphatic heterocycles. The predicted octanol–water partition coefficient (Wildman–Crippen LogP) is 3.74. The second-order valence-electron chi connectivity index (χ2n) is 6.97. The predicted molar refractivity (Wildman–Crippen MR) is 110 cm³/mol. The molecule has 9 nitrogen and oxygen atoms in total. The van der Waals surface area contributed by atoms with Gasteiger partial charge in [-0.3, -0.25) is 14.9 Å². The number of nitrogens with one attached hydrogen (secondary N) is 1. The molecule has 0 saturated carbocycles. The third-order valence-electron chi connectivity index (χ3n) is 3.93. The van der Waals surface area contributed by atoms with E-state index in [4.69, 9.17) is 14.2 Å². The lowest BCUT2D eigenvalue weighted by atomic mass is 10.2. The summed E-state index contributed by atoms with van der Waals surface area (Å²) in [4.78, 5) is 34.9. The summed E-state index contributed by atoms with van der Waals surface area (Å²) >= 11 is 0. The van der Waals surface area contributed by atoms with Gasteiger partial charge in [-0.15, -0.1) is 0 Å². The molecule has 2 aromatic carbocycles. The number of esters is 1. The van der Waals surface area contributed by atoms with Crippen LogP contribution in [0.4, 0.5) is 11.4 Å². The van der Waals surface area contributed by atoms with Crippen molar-refractivity contribution in [2.75, 3.05) is 25.6 Å². The van der Waals surface area contributed by atoms with Crippen LogP contribution in [-0.4, -0.2) is 37.1 Å². The number of ether oxygens (including phenoxy) is 3. The van der Waals surface area contributed by atoms with Crippen LogP contribution in [0, 0.1) is 23.0 Å². The van der Waals surface area contributed by atoms with Crippen molar-refractivity contribution >= 4 is 23.3 Å². The minimum absolute atomic E-state index is 0.0278. The molecule has 0 heterocycles. The number of aryl methyl sites for hydroxylation is 1. The van der Waals surface area contributed by atoms with Gasteiger partial charge in [0.2, 0.25) is 0 Å². The minimum Gasteiger partial charge on any atom is -0.493 e. The fraction of sp³-hybridized carbons (Fsp3) is 0.333. The number of amides is 1. The van der Waals surface area contributed by atoms with Gasteiger partial charge in [0.05, 0.1) is 24.2 Å². The molecule has 1 N–H and O–H groups in total. The average molecular weight is 416 g/mol. The zero-order valence-corrected chi connectivity index (χ0v) is 17.3. The average Bonchev–Trinajstić information content (AvgIpc) is 2.71. The second-order valence-corrected chi connectivity index (χ2v) is 6.97.